The third kappa shape index (κ3) is 4.87. The van der Waals surface area contributed by atoms with Gasteiger partial charge < -0.3 is 24.4 Å². The van der Waals surface area contributed by atoms with E-state index in [1.807, 2.05) is 0 Å². The molecule has 2 fully saturated rings. The summed E-state index contributed by atoms with van der Waals surface area (Å²) in [5.74, 6) is -1.42. The van der Waals surface area contributed by atoms with E-state index in [-0.39, 0.29) is 18.1 Å². The molecule has 152 valence electrons. The Labute approximate surface area is 149 Å². The molecule has 3 N–H and O–H groups in total. The van der Waals surface area contributed by atoms with E-state index in [1.165, 1.54) is 0 Å². The summed E-state index contributed by atoms with van der Waals surface area (Å²) in [6.45, 7) is 2.50. The Morgan fingerprint density at radius 2 is 1.96 bits per heavy atom. The van der Waals surface area contributed by atoms with Gasteiger partial charge in [-0.15, -0.1) is 0 Å². The van der Waals surface area contributed by atoms with Gasteiger partial charge in [-0.3, -0.25) is 4.55 Å². The highest BCUT2D eigenvalue weighted by Gasteiger charge is 2.54. The number of aliphatic hydroxyl groups is 2. The molecule has 0 aliphatic carbocycles. The molecule has 5 unspecified atom stereocenters. The van der Waals surface area contributed by atoms with Crippen molar-refractivity contribution < 1.29 is 51.0 Å². The maximum atomic E-state index is 13.1. The van der Waals surface area contributed by atoms with Crippen LogP contribution in [0, 0.1) is 5.92 Å². The van der Waals surface area contributed by atoms with Crippen LogP contribution in [0.2, 0.25) is 0 Å². The van der Waals surface area contributed by atoms with Crippen molar-refractivity contribution in [3.63, 3.8) is 0 Å². The standard InChI is InChI=1S/C14H22F2O9S/c1-13(2,19)5-7-3-8-4-9(11(7)24-8)23-6-10(17)25-12(18)14(15,16)26(20,21)22/h7-9,11-12,18-19H,3-6H2,1-2H3,(H,20,21,22). The monoisotopic (exact) mass is 404 g/mol. The Morgan fingerprint density at radius 1 is 1.35 bits per heavy atom. The van der Waals surface area contributed by atoms with Gasteiger partial charge >= 0.3 is 21.3 Å². The summed E-state index contributed by atoms with van der Waals surface area (Å²) in [4.78, 5) is 11.5. The van der Waals surface area contributed by atoms with Crippen LogP contribution < -0.4 is 0 Å². The molecule has 5 atom stereocenters. The quantitative estimate of drug-likeness (QED) is 0.291. The maximum Gasteiger partial charge on any atom is 0.430 e. The molecule has 0 amide bonds. The summed E-state index contributed by atoms with van der Waals surface area (Å²) in [5.41, 5.74) is -0.909. The van der Waals surface area contributed by atoms with Crippen LogP contribution in [0.4, 0.5) is 8.78 Å². The van der Waals surface area contributed by atoms with Crippen LogP contribution in [-0.4, -0.2) is 71.2 Å². The molecule has 12 heteroatoms. The highest BCUT2D eigenvalue weighted by molar-refractivity contribution is 7.86. The van der Waals surface area contributed by atoms with Crippen molar-refractivity contribution in [3.8, 4) is 0 Å². The van der Waals surface area contributed by atoms with Crippen molar-refractivity contribution in [1.82, 2.24) is 0 Å². The highest BCUT2D eigenvalue weighted by atomic mass is 32.2. The molecule has 9 nitrogen and oxygen atoms in total. The largest absolute Gasteiger partial charge is 0.430 e. The Bertz CT molecular complexity index is 631. The Morgan fingerprint density at radius 3 is 2.46 bits per heavy atom. The number of fused-ring (bicyclic) bond motifs is 2. The van der Waals surface area contributed by atoms with Crippen molar-refractivity contribution in [2.75, 3.05) is 6.61 Å². The van der Waals surface area contributed by atoms with E-state index >= 15 is 0 Å². The lowest BCUT2D eigenvalue weighted by molar-refractivity contribution is -0.210. The van der Waals surface area contributed by atoms with E-state index in [0.717, 1.165) is 6.42 Å². The minimum Gasteiger partial charge on any atom is -0.426 e. The van der Waals surface area contributed by atoms with Gasteiger partial charge in [0.15, 0.2) is 0 Å². The van der Waals surface area contributed by atoms with Gasteiger partial charge in [-0.25, -0.2) is 4.79 Å². The van der Waals surface area contributed by atoms with Gasteiger partial charge in [0.05, 0.1) is 23.9 Å². The van der Waals surface area contributed by atoms with Gasteiger partial charge in [0, 0.05) is 6.42 Å². The Balaban J connectivity index is 1.85. The van der Waals surface area contributed by atoms with E-state index in [9.17, 15) is 27.1 Å². The van der Waals surface area contributed by atoms with E-state index in [2.05, 4.69) is 4.74 Å². The normalized spacial score (nSPS) is 30.4. The van der Waals surface area contributed by atoms with Crippen molar-refractivity contribution in [3.05, 3.63) is 0 Å². The first kappa shape index (κ1) is 21.4. The molecule has 2 aliphatic heterocycles. The smallest absolute Gasteiger partial charge is 0.426 e. The first-order valence-electron chi connectivity index (χ1n) is 7.92. The van der Waals surface area contributed by atoms with E-state index < -0.39 is 45.9 Å². The van der Waals surface area contributed by atoms with Gasteiger partial charge in [-0.2, -0.15) is 17.2 Å². The molecule has 2 aliphatic rings. The average Bonchev–Trinajstić information content (AvgIpc) is 3.01. The second-order valence-corrected chi connectivity index (χ2v) is 8.69. The zero-order valence-corrected chi connectivity index (χ0v) is 15.0. The third-order valence-corrected chi connectivity index (χ3v) is 5.18. The second kappa shape index (κ2) is 7.24. The van der Waals surface area contributed by atoms with Crippen molar-refractivity contribution in [2.45, 2.75) is 68.6 Å². The molecule has 0 aromatic carbocycles. The molecular weight excluding hydrogens is 382 g/mol. The molecule has 2 bridgehead atoms. The Kier molecular flexibility index (Phi) is 5.96. The van der Waals surface area contributed by atoms with Gasteiger partial charge in [-0.05, 0) is 32.6 Å². The molecule has 0 aromatic heterocycles. The maximum absolute atomic E-state index is 13.1. The number of ether oxygens (including phenoxy) is 3. The molecule has 2 saturated heterocycles. The van der Waals surface area contributed by atoms with E-state index in [0.29, 0.717) is 12.8 Å². The number of alkyl halides is 2. The minimum absolute atomic E-state index is 0.00391. The summed E-state index contributed by atoms with van der Waals surface area (Å²) < 4.78 is 70.4. The number of halogens is 2. The molecule has 26 heavy (non-hydrogen) atoms. The fourth-order valence-electron chi connectivity index (χ4n) is 3.33. The molecule has 0 spiro atoms. The lowest BCUT2D eigenvalue weighted by atomic mass is 9.80. The topological polar surface area (TPSA) is 140 Å². The molecule has 0 aromatic rings. The van der Waals surface area contributed by atoms with Crippen LogP contribution in [0.25, 0.3) is 0 Å². The number of carbonyl (C=O) groups is 1. The van der Waals surface area contributed by atoms with Crippen LogP contribution in [0.3, 0.4) is 0 Å². The van der Waals surface area contributed by atoms with Gasteiger partial charge in [0.25, 0.3) is 6.29 Å². The summed E-state index contributed by atoms with van der Waals surface area (Å²) in [5, 5.41) is 13.9. The van der Waals surface area contributed by atoms with Gasteiger partial charge in [0.1, 0.15) is 6.61 Å². The van der Waals surface area contributed by atoms with Crippen molar-refractivity contribution in [1.29, 1.82) is 0 Å². The van der Waals surface area contributed by atoms with Crippen LogP contribution in [0.5, 0.6) is 0 Å². The summed E-state index contributed by atoms with van der Waals surface area (Å²) >= 11 is 0. The zero-order chi connectivity index (χ0) is 19.9. The first-order valence-corrected chi connectivity index (χ1v) is 9.36. The molecule has 2 heterocycles. The zero-order valence-electron chi connectivity index (χ0n) is 14.2. The van der Waals surface area contributed by atoms with Crippen LogP contribution in [0.15, 0.2) is 0 Å². The van der Waals surface area contributed by atoms with Crippen LogP contribution in [0.1, 0.15) is 33.1 Å². The predicted molar refractivity (Wildman–Crippen MR) is 80.6 cm³/mol. The van der Waals surface area contributed by atoms with Crippen LogP contribution >= 0.6 is 0 Å². The van der Waals surface area contributed by atoms with E-state index in [4.69, 9.17) is 19.1 Å². The number of hydrogen-bond donors (Lipinski definition) is 3. The molecular formula is C14H22F2O9S. The first-order chi connectivity index (χ1) is 11.7. The third-order valence-electron chi connectivity index (χ3n) is 4.29. The summed E-state index contributed by atoms with van der Waals surface area (Å²) in [6, 6.07) is 0. The van der Waals surface area contributed by atoms with Crippen molar-refractivity contribution in [2.24, 2.45) is 5.92 Å². The number of rotatable bonds is 8. The average molecular weight is 404 g/mol. The minimum atomic E-state index is -5.95. The predicted octanol–water partition coefficient (Wildman–Crippen LogP) is 0.0522. The SMILES string of the molecule is CC(C)(O)CC1CC2CC(OCC(=O)OC(O)C(F)(F)S(=O)(=O)O)C1O2. The molecule has 2 rings (SSSR count). The number of esters is 1. The number of hydrogen-bond acceptors (Lipinski definition) is 8. The summed E-state index contributed by atoms with van der Waals surface area (Å²) in [7, 11) is -5.95. The number of aliphatic hydroxyl groups excluding tert-OH is 1. The molecule has 0 radical (unpaired) electrons. The van der Waals surface area contributed by atoms with E-state index in [1.54, 1.807) is 13.8 Å². The second-order valence-electron chi connectivity index (χ2n) is 7.20. The van der Waals surface area contributed by atoms with Crippen LogP contribution in [-0.2, 0) is 29.1 Å². The fourth-order valence-corrected chi connectivity index (χ4v) is 3.63. The number of carbonyl (C=O) groups excluding carboxylic acids is 1. The van der Waals surface area contributed by atoms with Gasteiger partial charge in [-0.1, -0.05) is 0 Å². The lowest BCUT2D eigenvalue weighted by Gasteiger charge is -2.30. The highest BCUT2D eigenvalue weighted by Crippen LogP contribution is 2.43. The summed E-state index contributed by atoms with van der Waals surface area (Å²) in [6.07, 6.45) is -2.69. The van der Waals surface area contributed by atoms with Crippen molar-refractivity contribution >= 4 is 16.1 Å². The molecule has 0 saturated carbocycles. The van der Waals surface area contributed by atoms with Gasteiger partial charge in [0.2, 0.25) is 0 Å². The lowest BCUT2D eigenvalue weighted by Crippen LogP contribution is -2.44. The Hall–Kier alpha value is -0.920. The fraction of sp³-hybridized carbons (Fsp3) is 0.929.